The average molecular weight is 254 g/mol. The molecule has 94 valence electrons. The van der Waals surface area contributed by atoms with Gasteiger partial charge in [0.1, 0.15) is 0 Å². The third kappa shape index (κ3) is 3.96. The van der Waals surface area contributed by atoms with Gasteiger partial charge in [-0.1, -0.05) is 30.3 Å². The topological polar surface area (TPSA) is 63.4 Å². The first kappa shape index (κ1) is 13.9. The zero-order valence-corrected chi connectivity index (χ0v) is 10.8. The van der Waals surface area contributed by atoms with E-state index < -0.39 is 10.0 Å². The minimum absolute atomic E-state index is 0.00217. The Morgan fingerprint density at radius 1 is 1.29 bits per heavy atom. The summed E-state index contributed by atoms with van der Waals surface area (Å²) in [6.45, 7) is 4.31. The molecule has 0 saturated carbocycles. The van der Waals surface area contributed by atoms with Gasteiger partial charge in [-0.05, 0) is 11.1 Å². The van der Waals surface area contributed by atoms with Crippen molar-refractivity contribution >= 4 is 10.0 Å². The van der Waals surface area contributed by atoms with Gasteiger partial charge in [-0.25, -0.2) is 12.7 Å². The molecule has 0 aliphatic rings. The minimum atomic E-state index is -3.26. The highest BCUT2D eigenvalue weighted by atomic mass is 32.2. The molecule has 0 radical (unpaired) electrons. The molecule has 0 heterocycles. The Morgan fingerprint density at radius 2 is 1.82 bits per heavy atom. The molecule has 0 fully saturated rings. The van der Waals surface area contributed by atoms with E-state index in [4.69, 9.17) is 5.73 Å². The first-order chi connectivity index (χ1) is 7.99. The fourth-order valence-electron chi connectivity index (χ4n) is 1.39. The van der Waals surface area contributed by atoms with Crippen molar-refractivity contribution in [3.05, 3.63) is 48.0 Å². The fourth-order valence-corrected chi connectivity index (χ4v) is 2.55. The summed E-state index contributed by atoms with van der Waals surface area (Å²) in [6.07, 6.45) is 1.56. The van der Waals surface area contributed by atoms with Crippen LogP contribution < -0.4 is 5.73 Å². The first-order valence-electron chi connectivity index (χ1n) is 5.32. The van der Waals surface area contributed by atoms with E-state index in [9.17, 15) is 8.42 Å². The molecule has 2 N–H and O–H groups in total. The molecule has 0 aromatic heterocycles. The van der Waals surface area contributed by atoms with E-state index in [-0.39, 0.29) is 5.75 Å². The van der Waals surface area contributed by atoms with Crippen LogP contribution in [0.4, 0.5) is 0 Å². The molecule has 0 amide bonds. The molecule has 0 unspecified atom stereocenters. The number of likely N-dealkylation sites (N-methyl/N-ethyl adjacent to an activating group) is 1. The van der Waals surface area contributed by atoms with Crippen LogP contribution in [0.1, 0.15) is 11.1 Å². The van der Waals surface area contributed by atoms with E-state index in [0.717, 1.165) is 11.1 Å². The molecule has 0 atom stereocenters. The Morgan fingerprint density at radius 3 is 2.29 bits per heavy atom. The number of nitrogens with two attached hydrogens (primary N) is 1. The SMILES string of the molecule is C=CCN(C)S(=O)(=O)Cc1ccc(CN)cc1. The van der Waals surface area contributed by atoms with Gasteiger partial charge in [0, 0.05) is 20.1 Å². The normalized spacial score (nSPS) is 11.7. The van der Waals surface area contributed by atoms with Gasteiger partial charge in [-0.2, -0.15) is 0 Å². The Balaban J connectivity index is 2.79. The lowest BCUT2D eigenvalue weighted by atomic mass is 10.1. The summed E-state index contributed by atoms with van der Waals surface area (Å²) in [7, 11) is -1.72. The minimum Gasteiger partial charge on any atom is -0.326 e. The highest BCUT2D eigenvalue weighted by molar-refractivity contribution is 7.88. The summed E-state index contributed by atoms with van der Waals surface area (Å²) in [4.78, 5) is 0. The predicted octanol–water partition coefficient (Wildman–Crippen LogP) is 1.09. The lowest BCUT2D eigenvalue weighted by Gasteiger charge is -2.15. The molecule has 0 spiro atoms. The van der Waals surface area contributed by atoms with E-state index in [1.54, 1.807) is 25.3 Å². The van der Waals surface area contributed by atoms with Gasteiger partial charge < -0.3 is 5.73 Å². The zero-order valence-electron chi connectivity index (χ0n) is 9.96. The summed E-state index contributed by atoms with van der Waals surface area (Å²) in [6, 6.07) is 7.28. The van der Waals surface area contributed by atoms with Gasteiger partial charge >= 0.3 is 0 Å². The Hall–Kier alpha value is -1.17. The highest BCUT2D eigenvalue weighted by Crippen LogP contribution is 2.10. The van der Waals surface area contributed by atoms with Gasteiger partial charge in [0.15, 0.2) is 0 Å². The summed E-state index contributed by atoms with van der Waals surface area (Å²) < 4.78 is 25.1. The molecule has 1 aromatic rings. The van der Waals surface area contributed by atoms with Crippen molar-refractivity contribution in [2.75, 3.05) is 13.6 Å². The number of nitrogens with zero attached hydrogens (tertiary/aromatic N) is 1. The van der Waals surface area contributed by atoms with E-state index in [1.807, 2.05) is 12.1 Å². The Bertz CT molecular complexity index is 466. The second kappa shape index (κ2) is 5.95. The van der Waals surface area contributed by atoms with Crippen molar-refractivity contribution in [1.82, 2.24) is 4.31 Å². The number of sulfonamides is 1. The van der Waals surface area contributed by atoms with Crippen molar-refractivity contribution in [3.63, 3.8) is 0 Å². The lowest BCUT2D eigenvalue weighted by molar-refractivity contribution is 0.498. The third-order valence-electron chi connectivity index (χ3n) is 2.47. The molecule has 4 nitrogen and oxygen atoms in total. The van der Waals surface area contributed by atoms with Crippen molar-refractivity contribution in [2.24, 2.45) is 5.73 Å². The number of rotatable bonds is 6. The molecule has 5 heteroatoms. The van der Waals surface area contributed by atoms with E-state index in [0.29, 0.717) is 13.1 Å². The van der Waals surface area contributed by atoms with Gasteiger partial charge in [-0.15, -0.1) is 6.58 Å². The second-order valence-corrected chi connectivity index (χ2v) is 5.92. The van der Waals surface area contributed by atoms with E-state index in [1.165, 1.54) is 4.31 Å². The molecular formula is C12H18N2O2S. The standard InChI is InChI=1S/C12H18N2O2S/c1-3-8-14(2)17(15,16)10-12-6-4-11(9-13)5-7-12/h3-7H,1,8-10,13H2,2H3. The van der Waals surface area contributed by atoms with Gasteiger partial charge in [0.2, 0.25) is 10.0 Å². The molecule has 17 heavy (non-hydrogen) atoms. The molecule has 0 bridgehead atoms. The molecule has 0 aliphatic heterocycles. The Kier molecular flexibility index (Phi) is 4.86. The van der Waals surface area contributed by atoms with Crippen molar-refractivity contribution < 1.29 is 8.42 Å². The van der Waals surface area contributed by atoms with E-state index >= 15 is 0 Å². The lowest BCUT2D eigenvalue weighted by Crippen LogP contribution is -2.28. The Labute approximate surface area is 103 Å². The van der Waals surface area contributed by atoms with Crippen LogP contribution in [-0.2, 0) is 22.3 Å². The van der Waals surface area contributed by atoms with Gasteiger partial charge in [0.25, 0.3) is 0 Å². The van der Waals surface area contributed by atoms with E-state index in [2.05, 4.69) is 6.58 Å². The average Bonchev–Trinajstić information content (AvgIpc) is 2.30. The van der Waals surface area contributed by atoms with Crippen LogP contribution >= 0.6 is 0 Å². The molecule has 1 aromatic carbocycles. The van der Waals surface area contributed by atoms with Crippen molar-refractivity contribution in [3.8, 4) is 0 Å². The summed E-state index contributed by atoms with van der Waals surface area (Å²) in [5.41, 5.74) is 7.23. The van der Waals surface area contributed by atoms with Crippen LogP contribution in [-0.4, -0.2) is 26.3 Å². The van der Waals surface area contributed by atoms with Crippen LogP contribution in [0.5, 0.6) is 0 Å². The van der Waals surface area contributed by atoms with Crippen LogP contribution in [0, 0.1) is 0 Å². The third-order valence-corrected chi connectivity index (χ3v) is 4.27. The highest BCUT2D eigenvalue weighted by Gasteiger charge is 2.16. The van der Waals surface area contributed by atoms with Crippen LogP contribution in [0.3, 0.4) is 0 Å². The first-order valence-corrected chi connectivity index (χ1v) is 6.93. The molecule has 0 aliphatic carbocycles. The second-order valence-electron chi connectivity index (χ2n) is 3.85. The maximum atomic E-state index is 11.9. The predicted molar refractivity (Wildman–Crippen MR) is 69.8 cm³/mol. The summed E-state index contributed by atoms with van der Waals surface area (Å²) in [5.74, 6) is 0.00217. The largest absolute Gasteiger partial charge is 0.326 e. The number of hydrogen-bond donors (Lipinski definition) is 1. The maximum absolute atomic E-state index is 11.9. The van der Waals surface area contributed by atoms with Gasteiger partial charge in [-0.3, -0.25) is 0 Å². The molecule has 1 rings (SSSR count). The molecule has 0 saturated heterocycles. The quantitative estimate of drug-likeness (QED) is 0.773. The number of benzene rings is 1. The van der Waals surface area contributed by atoms with Crippen LogP contribution in [0.15, 0.2) is 36.9 Å². The maximum Gasteiger partial charge on any atom is 0.218 e. The van der Waals surface area contributed by atoms with Crippen molar-refractivity contribution in [2.45, 2.75) is 12.3 Å². The smallest absolute Gasteiger partial charge is 0.218 e. The number of hydrogen-bond acceptors (Lipinski definition) is 3. The summed E-state index contributed by atoms with van der Waals surface area (Å²) >= 11 is 0. The van der Waals surface area contributed by atoms with Gasteiger partial charge in [0.05, 0.1) is 5.75 Å². The van der Waals surface area contributed by atoms with Crippen LogP contribution in [0.25, 0.3) is 0 Å². The fraction of sp³-hybridized carbons (Fsp3) is 0.333. The molecular weight excluding hydrogens is 236 g/mol. The van der Waals surface area contributed by atoms with Crippen LogP contribution in [0.2, 0.25) is 0 Å². The summed E-state index contributed by atoms with van der Waals surface area (Å²) in [5, 5.41) is 0. The monoisotopic (exact) mass is 254 g/mol. The zero-order chi connectivity index (χ0) is 12.9. The van der Waals surface area contributed by atoms with Crippen molar-refractivity contribution in [1.29, 1.82) is 0 Å².